The smallest absolute Gasteiger partial charge is 0.339 e. The maximum atomic E-state index is 11.6. The molecule has 6 heteroatoms. The van der Waals surface area contributed by atoms with E-state index in [4.69, 9.17) is 0 Å². The zero-order valence-electron chi connectivity index (χ0n) is 9.21. The number of hydrogen-bond acceptors (Lipinski definition) is 5. The molecule has 1 aliphatic rings. The molecule has 2 rings (SSSR count). The predicted molar refractivity (Wildman–Crippen MR) is 59.2 cm³/mol. The third-order valence-electron chi connectivity index (χ3n) is 2.80. The van der Waals surface area contributed by atoms with E-state index in [1.807, 2.05) is 0 Å². The predicted octanol–water partition coefficient (Wildman–Crippen LogP) is 0.223. The average molecular weight is 256 g/mol. The third-order valence-corrected chi connectivity index (χ3v) is 4.61. The Morgan fingerprint density at radius 1 is 1.47 bits per heavy atom. The number of fused-ring (bicyclic) bond motifs is 1. The Balaban J connectivity index is 2.40. The molecule has 1 aromatic carbocycles. The zero-order valence-corrected chi connectivity index (χ0v) is 10.0. The number of sulfone groups is 1. The number of rotatable bonds is 2. The van der Waals surface area contributed by atoms with Crippen LogP contribution in [0.1, 0.15) is 17.2 Å². The second kappa shape index (κ2) is 4.12. The van der Waals surface area contributed by atoms with Crippen molar-refractivity contribution in [1.29, 1.82) is 0 Å². The lowest BCUT2D eigenvalue weighted by atomic mass is 10.0. The Bertz CT molecular complexity index is 561. The second-order valence-electron chi connectivity index (χ2n) is 3.86. The number of methoxy groups -OCH3 is 1. The minimum absolute atomic E-state index is 0.0834. The number of benzene rings is 1. The molecule has 92 valence electrons. The molecule has 0 aromatic heterocycles. The van der Waals surface area contributed by atoms with E-state index >= 15 is 0 Å². The van der Waals surface area contributed by atoms with Crippen molar-refractivity contribution in [2.75, 3.05) is 12.9 Å². The van der Waals surface area contributed by atoms with Gasteiger partial charge in [-0.25, -0.2) is 13.2 Å². The summed E-state index contributed by atoms with van der Waals surface area (Å²) in [6, 6.07) is 4.41. The Hall–Kier alpha value is -1.40. The quantitative estimate of drug-likeness (QED) is 0.766. The normalized spacial score (nSPS) is 18.5. The van der Waals surface area contributed by atoms with Gasteiger partial charge in [0.25, 0.3) is 0 Å². The van der Waals surface area contributed by atoms with Gasteiger partial charge in [0.15, 0.2) is 15.9 Å². The molecule has 1 aliphatic heterocycles. The Morgan fingerprint density at radius 2 is 2.18 bits per heavy atom. The number of ether oxygens (including phenoxy) is 1. The number of aryl methyl sites for hydroxylation is 1. The molecule has 5 nitrogen and oxygen atoms in total. The van der Waals surface area contributed by atoms with Gasteiger partial charge in [0.05, 0.1) is 17.8 Å². The standard InChI is InChI=1S/C11H12O5S/c1-16-11(13)10(12)8-2-3-9-7(6-8)4-5-17(9,14)15/h2-3,6,10,12H,4-5H2,1H3. The maximum Gasteiger partial charge on any atom is 0.339 e. The summed E-state index contributed by atoms with van der Waals surface area (Å²) in [7, 11) is -1.99. The van der Waals surface area contributed by atoms with Gasteiger partial charge >= 0.3 is 5.97 Å². The van der Waals surface area contributed by atoms with Crippen molar-refractivity contribution >= 4 is 15.8 Å². The number of esters is 1. The number of hydrogen-bond donors (Lipinski definition) is 1. The lowest BCUT2D eigenvalue weighted by Crippen LogP contribution is -2.13. The van der Waals surface area contributed by atoms with E-state index in [0.717, 1.165) is 0 Å². The molecule has 0 aliphatic carbocycles. The van der Waals surface area contributed by atoms with Crippen LogP contribution in [-0.4, -0.2) is 32.4 Å². The van der Waals surface area contributed by atoms with E-state index in [0.29, 0.717) is 22.4 Å². The monoisotopic (exact) mass is 256 g/mol. The summed E-state index contributed by atoms with van der Waals surface area (Å²) in [5.41, 5.74) is 0.998. The van der Waals surface area contributed by atoms with Crippen LogP contribution in [0.15, 0.2) is 23.1 Å². The van der Waals surface area contributed by atoms with Crippen LogP contribution in [0.25, 0.3) is 0 Å². The Kier molecular flexibility index (Phi) is 2.92. The number of carbonyl (C=O) groups is 1. The summed E-state index contributed by atoms with van der Waals surface area (Å²) >= 11 is 0. The maximum absolute atomic E-state index is 11.6. The van der Waals surface area contributed by atoms with Gasteiger partial charge in [0.2, 0.25) is 0 Å². The molecule has 0 radical (unpaired) electrons. The molecule has 0 fully saturated rings. The van der Waals surface area contributed by atoms with E-state index in [9.17, 15) is 18.3 Å². The molecular weight excluding hydrogens is 244 g/mol. The fourth-order valence-corrected chi connectivity index (χ4v) is 3.41. The minimum Gasteiger partial charge on any atom is -0.467 e. The summed E-state index contributed by atoms with van der Waals surface area (Å²) in [6.45, 7) is 0. The van der Waals surface area contributed by atoms with Gasteiger partial charge in [-0.3, -0.25) is 0 Å². The van der Waals surface area contributed by atoms with Gasteiger partial charge in [-0.15, -0.1) is 0 Å². The number of aliphatic hydroxyl groups excluding tert-OH is 1. The van der Waals surface area contributed by atoms with Crippen LogP contribution >= 0.6 is 0 Å². The van der Waals surface area contributed by atoms with Crippen LogP contribution in [0.4, 0.5) is 0 Å². The van der Waals surface area contributed by atoms with Crippen molar-refractivity contribution in [3.63, 3.8) is 0 Å². The summed E-state index contributed by atoms with van der Waals surface area (Å²) in [5, 5.41) is 9.63. The first-order chi connectivity index (χ1) is 7.95. The highest BCUT2D eigenvalue weighted by molar-refractivity contribution is 7.91. The summed E-state index contributed by atoms with van der Waals surface area (Å²) in [6.07, 6.45) is -0.951. The van der Waals surface area contributed by atoms with Crippen molar-refractivity contribution in [1.82, 2.24) is 0 Å². The van der Waals surface area contributed by atoms with Crippen molar-refractivity contribution in [2.24, 2.45) is 0 Å². The summed E-state index contributed by atoms with van der Waals surface area (Å²) in [5.74, 6) is -0.675. The van der Waals surface area contributed by atoms with Gasteiger partial charge in [0.1, 0.15) is 0 Å². The van der Waals surface area contributed by atoms with Crippen LogP contribution in [-0.2, 0) is 25.8 Å². The van der Waals surface area contributed by atoms with Gasteiger partial charge in [-0.1, -0.05) is 12.1 Å². The van der Waals surface area contributed by atoms with Crippen LogP contribution in [0.5, 0.6) is 0 Å². The third kappa shape index (κ3) is 2.05. The molecule has 0 saturated heterocycles. The van der Waals surface area contributed by atoms with E-state index < -0.39 is 21.9 Å². The van der Waals surface area contributed by atoms with Crippen LogP contribution in [0, 0.1) is 0 Å². The summed E-state index contributed by atoms with van der Waals surface area (Å²) in [4.78, 5) is 11.4. The molecule has 1 N–H and O–H groups in total. The highest BCUT2D eigenvalue weighted by Gasteiger charge is 2.28. The van der Waals surface area contributed by atoms with Gasteiger partial charge < -0.3 is 9.84 Å². The molecule has 1 heterocycles. The lowest BCUT2D eigenvalue weighted by molar-refractivity contribution is -0.150. The van der Waals surface area contributed by atoms with E-state index in [1.165, 1.54) is 19.2 Å². The van der Waals surface area contributed by atoms with Crippen LogP contribution in [0.3, 0.4) is 0 Å². The molecule has 1 aromatic rings. The first-order valence-electron chi connectivity index (χ1n) is 5.07. The average Bonchev–Trinajstić information content (AvgIpc) is 2.63. The minimum atomic E-state index is -3.17. The highest BCUT2D eigenvalue weighted by atomic mass is 32.2. The number of aliphatic hydroxyl groups is 1. The molecule has 0 spiro atoms. The molecule has 0 amide bonds. The van der Waals surface area contributed by atoms with Gasteiger partial charge in [-0.2, -0.15) is 0 Å². The van der Waals surface area contributed by atoms with Crippen LogP contribution in [0.2, 0.25) is 0 Å². The van der Waals surface area contributed by atoms with Crippen molar-refractivity contribution in [3.05, 3.63) is 29.3 Å². The van der Waals surface area contributed by atoms with Crippen molar-refractivity contribution < 1.29 is 23.1 Å². The highest BCUT2D eigenvalue weighted by Crippen LogP contribution is 2.28. The molecular formula is C11H12O5S. The van der Waals surface area contributed by atoms with Crippen LogP contribution < -0.4 is 0 Å². The summed E-state index contributed by atoms with van der Waals surface area (Å²) < 4.78 is 27.6. The lowest BCUT2D eigenvalue weighted by Gasteiger charge is -2.09. The molecule has 1 atom stereocenters. The SMILES string of the molecule is COC(=O)C(O)c1ccc2c(c1)CCS2(=O)=O. The molecule has 1 unspecified atom stereocenters. The van der Waals surface area contributed by atoms with Crippen molar-refractivity contribution in [3.8, 4) is 0 Å². The van der Waals surface area contributed by atoms with Crippen molar-refractivity contribution in [2.45, 2.75) is 17.4 Å². The number of carbonyl (C=O) groups excluding carboxylic acids is 1. The van der Waals surface area contributed by atoms with E-state index in [2.05, 4.69) is 4.74 Å². The fourth-order valence-electron chi connectivity index (χ4n) is 1.87. The Morgan fingerprint density at radius 3 is 2.82 bits per heavy atom. The van der Waals surface area contributed by atoms with E-state index in [1.54, 1.807) is 6.07 Å². The van der Waals surface area contributed by atoms with E-state index in [-0.39, 0.29) is 5.75 Å². The van der Waals surface area contributed by atoms with Gasteiger partial charge in [-0.05, 0) is 23.6 Å². The molecule has 0 bridgehead atoms. The molecule has 17 heavy (non-hydrogen) atoms. The second-order valence-corrected chi connectivity index (χ2v) is 5.94. The topological polar surface area (TPSA) is 80.7 Å². The zero-order chi connectivity index (χ0) is 12.6. The Labute approximate surface area is 98.9 Å². The first kappa shape index (κ1) is 12.1. The first-order valence-corrected chi connectivity index (χ1v) is 6.72. The van der Waals surface area contributed by atoms with Gasteiger partial charge in [0, 0.05) is 0 Å². The fraction of sp³-hybridized carbons (Fsp3) is 0.364. The molecule has 0 saturated carbocycles. The largest absolute Gasteiger partial charge is 0.467 e.